The molecule has 5 N–H and O–H groups in total. The molecule has 1 aromatic heterocycles. The molecule has 2 amide bonds. The van der Waals surface area contributed by atoms with Gasteiger partial charge in [-0.2, -0.15) is 0 Å². The van der Waals surface area contributed by atoms with E-state index < -0.39 is 6.23 Å². The summed E-state index contributed by atoms with van der Waals surface area (Å²) >= 11 is 7.46. The number of nitrogens with two attached hydrogens (primary N) is 1. The first-order valence-electron chi connectivity index (χ1n) is 10.4. The van der Waals surface area contributed by atoms with Crippen molar-refractivity contribution in [2.24, 2.45) is 17.6 Å². The Labute approximate surface area is 184 Å². The number of aryl methyl sites for hydroxylation is 1. The zero-order valence-electron chi connectivity index (χ0n) is 16.6. The molecule has 2 aliphatic rings. The van der Waals surface area contributed by atoms with E-state index >= 15 is 0 Å². The van der Waals surface area contributed by atoms with Gasteiger partial charge in [0.15, 0.2) is 0 Å². The highest BCUT2D eigenvalue weighted by Crippen LogP contribution is 2.41. The number of hydrogen-bond acceptors (Lipinski definition) is 5. The predicted octanol–water partition coefficient (Wildman–Crippen LogP) is 4.16. The summed E-state index contributed by atoms with van der Waals surface area (Å²) in [5.74, 6) is -1.17. The Morgan fingerprint density at radius 3 is 2.60 bits per heavy atom. The molecule has 4 rings (SSSR count). The van der Waals surface area contributed by atoms with Crippen LogP contribution in [0.15, 0.2) is 24.3 Å². The molecule has 1 heterocycles. The number of rotatable bonds is 6. The third kappa shape index (κ3) is 4.33. The number of benzene rings is 1. The Morgan fingerprint density at radius 2 is 1.87 bits per heavy atom. The number of hydrogen-bond donors (Lipinski definition) is 4. The molecule has 0 spiro atoms. The number of aliphatic hydroxyl groups excluding tert-OH is 1. The van der Waals surface area contributed by atoms with Crippen LogP contribution in [0.1, 0.15) is 52.9 Å². The lowest BCUT2D eigenvalue weighted by atomic mass is 9.77. The molecular formula is C22H26ClN3O3S. The number of nitrogens with one attached hydrogen (secondary N) is 2. The molecular weight excluding hydrogens is 422 g/mol. The van der Waals surface area contributed by atoms with Crippen LogP contribution in [0.4, 0.5) is 10.7 Å². The van der Waals surface area contributed by atoms with E-state index in [0.29, 0.717) is 27.7 Å². The molecule has 1 saturated carbocycles. The fourth-order valence-electron chi connectivity index (χ4n) is 4.61. The van der Waals surface area contributed by atoms with Crippen molar-refractivity contribution in [1.29, 1.82) is 0 Å². The molecule has 0 saturated heterocycles. The summed E-state index contributed by atoms with van der Waals surface area (Å²) < 4.78 is 0. The second-order valence-electron chi connectivity index (χ2n) is 8.07. The number of fused-ring (bicyclic) bond motifs is 1. The number of carbonyl (C=O) groups excluding carboxylic acids is 2. The average Bonchev–Trinajstić information content (AvgIpc) is 3.30. The van der Waals surface area contributed by atoms with Crippen LogP contribution in [-0.4, -0.2) is 23.1 Å². The van der Waals surface area contributed by atoms with Gasteiger partial charge in [0.05, 0.1) is 5.56 Å². The maximum absolute atomic E-state index is 13.1. The molecule has 3 unspecified atom stereocenters. The summed E-state index contributed by atoms with van der Waals surface area (Å²) in [7, 11) is 0. The fourth-order valence-corrected chi connectivity index (χ4v) is 6.05. The fraction of sp³-hybridized carbons (Fsp3) is 0.455. The van der Waals surface area contributed by atoms with Gasteiger partial charge in [-0.15, -0.1) is 11.3 Å². The molecule has 0 bridgehead atoms. The van der Waals surface area contributed by atoms with Crippen molar-refractivity contribution < 1.29 is 14.7 Å². The van der Waals surface area contributed by atoms with Gasteiger partial charge in [-0.1, -0.05) is 24.4 Å². The van der Waals surface area contributed by atoms with Crippen LogP contribution < -0.4 is 16.4 Å². The van der Waals surface area contributed by atoms with Crippen LogP contribution in [0.3, 0.4) is 0 Å². The van der Waals surface area contributed by atoms with Crippen LogP contribution >= 0.6 is 22.9 Å². The van der Waals surface area contributed by atoms with Crippen molar-refractivity contribution in [1.82, 2.24) is 0 Å². The molecule has 2 aliphatic carbocycles. The number of thiophene rings is 1. The van der Waals surface area contributed by atoms with Crippen molar-refractivity contribution in [3.05, 3.63) is 45.3 Å². The third-order valence-electron chi connectivity index (χ3n) is 6.12. The van der Waals surface area contributed by atoms with Gasteiger partial charge >= 0.3 is 0 Å². The number of anilines is 2. The summed E-state index contributed by atoms with van der Waals surface area (Å²) in [4.78, 5) is 26.2. The first kappa shape index (κ1) is 21.2. The van der Waals surface area contributed by atoms with Crippen LogP contribution in [0.25, 0.3) is 0 Å². The molecule has 6 nitrogen and oxygen atoms in total. The van der Waals surface area contributed by atoms with Crippen LogP contribution in [0.2, 0.25) is 5.02 Å². The highest BCUT2D eigenvalue weighted by Gasteiger charge is 2.36. The Bertz CT molecular complexity index is 944. The van der Waals surface area contributed by atoms with E-state index in [1.807, 2.05) is 0 Å². The SMILES string of the molecule is NC(=O)C1CCCCC1C(O)Nc1sc2c(c1C(=O)Nc1ccc(Cl)cc1)CCC2. The van der Waals surface area contributed by atoms with Crippen LogP contribution in [0, 0.1) is 11.8 Å². The maximum atomic E-state index is 13.1. The van der Waals surface area contributed by atoms with E-state index in [0.717, 1.165) is 44.1 Å². The zero-order chi connectivity index (χ0) is 21.3. The largest absolute Gasteiger partial charge is 0.373 e. The third-order valence-corrected chi connectivity index (χ3v) is 7.59. The van der Waals surface area contributed by atoms with E-state index in [1.54, 1.807) is 24.3 Å². The lowest BCUT2D eigenvalue weighted by Crippen LogP contribution is -2.42. The van der Waals surface area contributed by atoms with Gasteiger partial charge in [-0.25, -0.2) is 0 Å². The molecule has 0 aliphatic heterocycles. The minimum atomic E-state index is -0.927. The summed E-state index contributed by atoms with van der Waals surface area (Å²) in [5.41, 5.74) is 7.88. The summed E-state index contributed by atoms with van der Waals surface area (Å²) in [6.07, 6.45) is 5.22. The second kappa shape index (κ2) is 8.96. The van der Waals surface area contributed by atoms with E-state index in [9.17, 15) is 14.7 Å². The second-order valence-corrected chi connectivity index (χ2v) is 9.61. The Balaban J connectivity index is 1.57. The molecule has 2 aromatic rings. The van der Waals surface area contributed by atoms with Gasteiger partial charge in [0, 0.05) is 27.4 Å². The van der Waals surface area contributed by atoms with Crippen LogP contribution in [0.5, 0.6) is 0 Å². The minimum Gasteiger partial charge on any atom is -0.373 e. The van der Waals surface area contributed by atoms with Gasteiger partial charge < -0.3 is 21.5 Å². The van der Waals surface area contributed by atoms with Crippen LogP contribution in [-0.2, 0) is 17.6 Å². The molecule has 8 heteroatoms. The summed E-state index contributed by atoms with van der Waals surface area (Å²) in [6, 6.07) is 6.97. The van der Waals surface area contributed by atoms with Crippen molar-refractivity contribution in [2.75, 3.05) is 10.6 Å². The molecule has 160 valence electrons. The smallest absolute Gasteiger partial charge is 0.258 e. The monoisotopic (exact) mass is 447 g/mol. The summed E-state index contributed by atoms with van der Waals surface area (Å²) in [5, 5.41) is 18.3. The van der Waals surface area contributed by atoms with Crippen molar-refractivity contribution in [3.63, 3.8) is 0 Å². The van der Waals surface area contributed by atoms with E-state index in [1.165, 1.54) is 16.2 Å². The van der Waals surface area contributed by atoms with Crippen molar-refractivity contribution in [3.8, 4) is 0 Å². The Morgan fingerprint density at radius 1 is 1.13 bits per heavy atom. The minimum absolute atomic E-state index is 0.207. The van der Waals surface area contributed by atoms with Gasteiger partial charge in [0.2, 0.25) is 5.91 Å². The van der Waals surface area contributed by atoms with Gasteiger partial charge in [-0.3, -0.25) is 9.59 Å². The Hall–Kier alpha value is -2.09. The maximum Gasteiger partial charge on any atom is 0.258 e. The van der Waals surface area contributed by atoms with E-state index in [-0.39, 0.29) is 23.7 Å². The topological polar surface area (TPSA) is 104 Å². The van der Waals surface area contributed by atoms with Gasteiger partial charge in [0.25, 0.3) is 5.91 Å². The molecule has 1 fully saturated rings. The van der Waals surface area contributed by atoms with Gasteiger partial charge in [-0.05, 0) is 61.9 Å². The lowest BCUT2D eigenvalue weighted by molar-refractivity contribution is -0.126. The average molecular weight is 448 g/mol. The van der Waals surface area contributed by atoms with Crippen molar-refractivity contribution >= 4 is 45.4 Å². The number of halogens is 1. The molecule has 3 atom stereocenters. The quantitative estimate of drug-likeness (QED) is 0.499. The van der Waals surface area contributed by atoms with Gasteiger partial charge in [0.1, 0.15) is 11.2 Å². The van der Waals surface area contributed by atoms with Crippen molar-refractivity contribution in [2.45, 2.75) is 51.2 Å². The molecule has 30 heavy (non-hydrogen) atoms. The first-order chi connectivity index (χ1) is 14.4. The first-order valence-corrected chi connectivity index (χ1v) is 11.6. The Kier molecular flexibility index (Phi) is 6.32. The summed E-state index contributed by atoms with van der Waals surface area (Å²) in [6.45, 7) is 0. The molecule has 1 aromatic carbocycles. The highest BCUT2D eigenvalue weighted by molar-refractivity contribution is 7.16. The highest BCUT2D eigenvalue weighted by atomic mass is 35.5. The lowest BCUT2D eigenvalue weighted by Gasteiger charge is -2.33. The predicted molar refractivity (Wildman–Crippen MR) is 120 cm³/mol. The number of aliphatic hydroxyl groups is 1. The number of amides is 2. The molecule has 0 radical (unpaired) electrons. The van der Waals surface area contributed by atoms with E-state index in [4.69, 9.17) is 17.3 Å². The number of carbonyl (C=O) groups is 2. The number of primary amides is 1. The van der Waals surface area contributed by atoms with E-state index in [2.05, 4.69) is 10.6 Å². The normalized spacial score (nSPS) is 21.7. The zero-order valence-corrected chi connectivity index (χ0v) is 18.2. The standard InChI is InChI=1S/C22H26ClN3O3S/c23-12-8-10-13(11-9-12)25-21(29)18-16-6-3-7-17(16)30-22(18)26-20(28)15-5-2-1-4-14(15)19(24)27/h8-11,14-15,20,26,28H,1-7H2,(H2,24,27)(H,25,29).